The van der Waals surface area contributed by atoms with E-state index in [1.165, 1.54) is 11.6 Å². The van der Waals surface area contributed by atoms with Gasteiger partial charge in [0, 0.05) is 29.6 Å². The minimum atomic E-state index is -0.350. The molecule has 7 nitrogen and oxygen atoms in total. The van der Waals surface area contributed by atoms with Gasteiger partial charge in [0.05, 0.1) is 17.5 Å². The number of hydrogen-bond acceptors (Lipinski definition) is 6. The maximum atomic E-state index is 14.2. The van der Waals surface area contributed by atoms with Crippen LogP contribution in [0.3, 0.4) is 0 Å². The highest BCUT2D eigenvalue weighted by atomic mass is 35.5. The highest BCUT2D eigenvalue weighted by molar-refractivity contribution is 5.85. The third-order valence-electron chi connectivity index (χ3n) is 5.00. The molecule has 4 heterocycles. The lowest BCUT2D eigenvalue weighted by atomic mass is 9.95. The second-order valence-electron chi connectivity index (χ2n) is 6.71. The molecule has 3 aromatic heterocycles. The molecule has 0 saturated heterocycles. The molecule has 0 bridgehead atoms. The maximum absolute atomic E-state index is 14.2. The molecule has 0 radical (unpaired) electrons. The molecule has 29 heavy (non-hydrogen) atoms. The molecular formula is C20H18ClFN6O. The van der Waals surface area contributed by atoms with E-state index < -0.39 is 0 Å². The first-order valence-electron chi connectivity index (χ1n) is 9.03. The summed E-state index contributed by atoms with van der Waals surface area (Å²) in [5.74, 6) is 0.421. The summed E-state index contributed by atoms with van der Waals surface area (Å²) in [7, 11) is 0. The van der Waals surface area contributed by atoms with Crippen molar-refractivity contribution in [3.05, 3.63) is 59.3 Å². The topological polar surface area (TPSA) is 92.5 Å². The number of pyridine rings is 1. The van der Waals surface area contributed by atoms with Crippen LogP contribution in [0.4, 0.5) is 4.39 Å². The summed E-state index contributed by atoms with van der Waals surface area (Å²) in [6, 6.07) is 6.49. The molecule has 0 amide bonds. The molecule has 5 rings (SSSR count). The Kier molecular flexibility index (Phi) is 5.12. The molecule has 0 atom stereocenters. The first kappa shape index (κ1) is 19.2. The zero-order valence-electron chi connectivity index (χ0n) is 15.6. The quantitative estimate of drug-likeness (QED) is 0.533. The van der Waals surface area contributed by atoms with E-state index in [1.807, 2.05) is 13.1 Å². The van der Waals surface area contributed by atoms with Crippen LogP contribution in [0, 0.1) is 12.7 Å². The first-order chi connectivity index (χ1) is 13.7. The van der Waals surface area contributed by atoms with E-state index in [9.17, 15) is 4.39 Å². The number of fused-ring (bicyclic) bond motifs is 1. The van der Waals surface area contributed by atoms with Gasteiger partial charge in [0.1, 0.15) is 5.82 Å². The van der Waals surface area contributed by atoms with E-state index in [4.69, 9.17) is 4.52 Å². The van der Waals surface area contributed by atoms with E-state index in [0.717, 1.165) is 36.3 Å². The molecule has 0 spiro atoms. The molecule has 1 aromatic carbocycles. The first-order valence-corrected chi connectivity index (χ1v) is 9.03. The van der Waals surface area contributed by atoms with Gasteiger partial charge in [-0.15, -0.1) is 12.4 Å². The standard InChI is InChI=1S/C20H17FN6O.ClH/c1-11-17(13-6-7-22-8-12(13)9-23-11)19-25-20(28-27-19)15-10-24-26-18(15)14-4-2-3-5-16(14)21;/h2-5,9-10,22H,6-8H2,1H3,(H,24,26);1H. The average molecular weight is 413 g/mol. The van der Waals surface area contributed by atoms with Crippen LogP contribution >= 0.6 is 12.4 Å². The largest absolute Gasteiger partial charge is 0.333 e. The molecule has 1 aliphatic rings. The number of H-pyrrole nitrogens is 1. The SMILES string of the molecule is Cc1ncc2c(c1-c1noc(-c3cn[nH]c3-c3ccccc3F)n1)CCNC2.Cl. The monoisotopic (exact) mass is 412 g/mol. The summed E-state index contributed by atoms with van der Waals surface area (Å²) in [4.78, 5) is 9.07. The summed E-state index contributed by atoms with van der Waals surface area (Å²) in [6.45, 7) is 3.61. The number of aromatic amines is 1. The maximum Gasteiger partial charge on any atom is 0.262 e. The third kappa shape index (κ3) is 3.30. The highest BCUT2D eigenvalue weighted by Gasteiger charge is 2.23. The van der Waals surface area contributed by atoms with E-state index in [-0.39, 0.29) is 24.1 Å². The molecule has 2 N–H and O–H groups in total. The lowest BCUT2D eigenvalue weighted by molar-refractivity contribution is 0.432. The van der Waals surface area contributed by atoms with Crippen molar-refractivity contribution in [3.63, 3.8) is 0 Å². The molecule has 148 valence electrons. The zero-order valence-corrected chi connectivity index (χ0v) is 16.4. The Labute approximate surface area is 172 Å². The van der Waals surface area contributed by atoms with Gasteiger partial charge in [-0.3, -0.25) is 10.1 Å². The van der Waals surface area contributed by atoms with Crippen LogP contribution < -0.4 is 5.32 Å². The zero-order chi connectivity index (χ0) is 19.1. The number of rotatable bonds is 3. The van der Waals surface area contributed by atoms with Crippen molar-refractivity contribution in [3.8, 4) is 34.1 Å². The molecule has 4 aromatic rings. The van der Waals surface area contributed by atoms with Gasteiger partial charge < -0.3 is 9.84 Å². The Hall–Kier alpha value is -3.10. The van der Waals surface area contributed by atoms with E-state index in [1.54, 1.807) is 24.4 Å². The predicted octanol–water partition coefficient (Wildman–Crippen LogP) is 3.70. The number of aromatic nitrogens is 5. The van der Waals surface area contributed by atoms with Crippen LogP contribution in [0.2, 0.25) is 0 Å². The summed E-state index contributed by atoms with van der Waals surface area (Å²) in [5.41, 5.74) is 5.56. The number of halogens is 2. The molecule has 9 heteroatoms. The van der Waals surface area contributed by atoms with Crippen molar-refractivity contribution >= 4 is 12.4 Å². The third-order valence-corrected chi connectivity index (χ3v) is 5.00. The van der Waals surface area contributed by atoms with Crippen LogP contribution in [0.25, 0.3) is 34.1 Å². The Morgan fingerprint density at radius 1 is 1.14 bits per heavy atom. The second kappa shape index (κ2) is 7.73. The van der Waals surface area contributed by atoms with Gasteiger partial charge in [-0.05, 0) is 43.1 Å². The Morgan fingerprint density at radius 3 is 2.86 bits per heavy atom. The van der Waals surface area contributed by atoms with Crippen molar-refractivity contribution in [2.75, 3.05) is 6.54 Å². The van der Waals surface area contributed by atoms with Gasteiger partial charge in [0.15, 0.2) is 0 Å². The van der Waals surface area contributed by atoms with Crippen molar-refractivity contribution in [2.24, 2.45) is 0 Å². The fourth-order valence-electron chi connectivity index (χ4n) is 3.62. The molecule has 0 fully saturated rings. The molecule has 0 aliphatic carbocycles. The second-order valence-corrected chi connectivity index (χ2v) is 6.71. The van der Waals surface area contributed by atoms with Crippen LogP contribution in [0.15, 0.2) is 41.2 Å². The lowest BCUT2D eigenvalue weighted by Crippen LogP contribution is -2.24. The number of nitrogens with zero attached hydrogens (tertiary/aromatic N) is 4. The molecular weight excluding hydrogens is 395 g/mol. The Bertz CT molecular complexity index is 1170. The number of benzene rings is 1. The Morgan fingerprint density at radius 2 is 2.00 bits per heavy atom. The van der Waals surface area contributed by atoms with Crippen molar-refractivity contribution in [2.45, 2.75) is 19.9 Å². The summed E-state index contributed by atoms with van der Waals surface area (Å²) >= 11 is 0. The molecule has 0 saturated carbocycles. The smallest absolute Gasteiger partial charge is 0.262 e. The van der Waals surface area contributed by atoms with E-state index >= 15 is 0 Å². The van der Waals surface area contributed by atoms with Gasteiger partial charge in [-0.25, -0.2) is 4.39 Å². The van der Waals surface area contributed by atoms with Crippen LogP contribution in [-0.4, -0.2) is 31.9 Å². The van der Waals surface area contributed by atoms with Crippen LogP contribution in [0.1, 0.15) is 16.8 Å². The predicted molar refractivity (Wildman–Crippen MR) is 108 cm³/mol. The van der Waals surface area contributed by atoms with E-state index in [2.05, 4.69) is 30.6 Å². The Balaban J connectivity index is 0.00000205. The number of nitrogens with one attached hydrogen (secondary N) is 2. The summed E-state index contributed by atoms with van der Waals surface area (Å²) in [6.07, 6.45) is 4.34. The van der Waals surface area contributed by atoms with Crippen molar-refractivity contribution < 1.29 is 8.91 Å². The normalized spacial score (nSPS) is 13.0. The minimum absolute atomic E-state index is 0. The van der Waals surface area contributed by atoms with Crippen LogP contribution in [-0.2, 0) is 13.0 Å². The van der Waals surface area contributed by atoms with Crippen LogP contribution in [0.5, 0.6) is 0 Å². The fourth-order valence-corrected chi connectivity index (χ4v) is 3.62. The van der Waals surface area contributed by atoms with Gasteiger partial charge in [0.2, 0.25) is 5.82 Å². The highest BCUT2D eigenvalue weighted by Crippen LogP contribution is 2.34. The van der Waals surface area contributed by atoms with Gasteiger partial charge in [0.25, 0.3) is 5.89 Å². The number of aryl methyl sites for hydroxylation is 1. The van der Waals surface area contributed by atoms with Crippen molar-refractivity contribution in [1.29, 1.82) is 0 Å². The van der Waals surface area contributed by atoms with Gasteiger partial charge in [-0.2, -0.15) is 10.1 Å². The average Bonchev–Trinajstić information content (AvgIpc) is 3.37. The van der Waals surface area contributed by atoms with Crippen molar-refractivity contribution in [1.82, 2.24) is 30.6 Å². The summed E-state index contributed by atoms with van der Waals surface area (Å²) < 4.78 is 19.8. The van der Waals surface area contributed by atoms with E-state index in [0.29, 0.717) is 22.6 Å². The minimum Gasteiger partial charge on any atom is -0.333 e. The molecule has 1 aliphatic heterocycles. The summed E-state index contributed by atoms with van der Waals surface area (Å²) in [5, 5.41) is 14.4. The lowest BCUT2D eigenvalue weighted by Gasteiger charge is -2.19. The van der Waals surface area contributed by atoms with Gasteiger partial charge >= 0.3 is 0 Å². The number of hydrogen-bond donors (Lipinski definition) is 2. The van der Waals surface area contributed by atoms with Gasteiger partial charge in [-0.1, -0.05) is 17.3 Å². The molecule has 0 unspecified atom stereocenters. The fraction of sp³-hybridized carbons (Fsp3) is 0.200.